The monoisotopic (exact) mass is 396 g/mol. The first-order valence-electron chi connectivity index (χ1n) is 8.52. The Labute approximate surface area is 163 Å². The fourth-order valence-corrected chi connectivity index (χ4v) is 3.09. The molecular formula is C18H25ClN4O2S. The summed E-state index contributed by atoms with van der Waals surface area (Å²) in [6.07, 6.45) is 0. The van der Waals surface area contributed by atoms with Crippen molar-refractivity contribution in [2.45, 2.75) is 38.5 Å². The van der Waals surface area contributed by atoms with Gasteiger partial charge in [0, 0.05) is 23.7 Å². The number of methoxy groups -OCH3 is 1. The predicted octanol–water partition coefficient (Wildman–Crippen LogP) is 3.50. The summed E-state index contributed by atoms with van der Waals surface area (Å²) >= 11 is 7.34. The number of rotatable bonds is 9. The minimum absolute atomic E-state index is 0.00876. The Morgan fingerprint density at radius 3 is 2.58 bits per heavy atom. The maximum absolute atomic E-state index is 12.1. The zero-order valence-corrected chi connectivity index (χ0v) is 17.1. The van der Waals surface area contributed by atoms with Gasteiger partial charge in [-0.15, -0.1) is 10.2 Å². The van der Waals surface area contributed by atoms with E-state index in [4.69, 9.17) is 16.3 Å². The second-order valence-electron chi connectivity index (χ2n) is 6.35. The molecular weight excluding hydrogens is 372 g/mol. The topological polar surface area (TPSA) is 69.0 Å². The van der Waals surface area contributed by atoms with E-state index in [2.05, 4.69) is 29.4 Å². The predicted molar refractivity (Wildman–Crippen MR) is 106 cm³/mol. The van der Waals surface area contributed by atoms with Gasteiger partial charge in [0.25, 0.3) is 0 Å². The number of nitrogens with one attached hydrogen (secondary N) is 1. The van der Waals surface area contributed by atoms with Crippen LogP contribution in [0, 0.1) is 5.92 Å². The van der Waals surface area contributed by atoms with E-state index in [1.54, 1.807) is 7.11 Å². The Morgan fingerprint density at radius 1 is 1.27 bits per heavy atom. The number of nitrogens with zero attached hydrogens (tertiary/aromatic N) is 3. The Hall–Kier alpha value is -1.57. The summed E-state index contributed by atoms with van der Waals surface area (Å²) in [5.41, 5.74) is 0.919. The molecule has 0 aliphatic heterocycles. The molecule has 1 N–H and O–H groups in total. The van der Waals surface area contributed by atoms with Crippen LogP contribution in [0.3, 0.4) is 0 Å². The lowest BCUT2D eigenvalue weighted by atomic mass is 10.1. The molecule has 0 aliphatic rings. The molecule has 0 radical (unpaired) electrons. The molecule has 1 amide bonds. The van der Waals surface area contributed by atoms with E-state index in [0.29, 0.717) is 35.0 Å². The molecule has 26 heavy (non-hydrogen) atoms. The zero-order chi connectivity index (χ0) is 19.1. The fraction of sp³-hybridized carbons (Fsp3) is 0.500. The number of benzene rings is 1. The van der Waals surface area contributed by atoms with Crippen molar-refractivity contribution in [1.29, 1.82) is 0 Å². The van der Waals surface area contributed by atoms with Crippen molar-refractivity contribution in [3.05, 3.63) is 29.3 Å². The Kier molecular flexibility index (Phi) is 7.93. The highest BCUT2D eigenvalue weighted by Gasteiger charge is 2.17. The van der Waals surface area contributed by atoms with Crippen LogP contribution in [-0.4, -0.2) is 46.2 Å². The van der Waals surface area contributed by atoms with E-state index >= 15 is 0 Å². The van der Waals surface area contributed by atoms with E-state index in [-0.39, 0.29) is 11.9 Å². The van der Waals surface area contributed by atoms with Crippen LogP contribution in [0.15, 0.2) is 29.4 Å². The standard InChI is InChI=1S/C18H25ClN4O2S/c1-12(2)13(3)20-16(24)11-26-18-22-21-17(23(18)9-10-25-4)14-5-7-15(19)8-6-14/h5-8,12-13H,9-11H2,1-4H3,(H,20,24)/t13-/m0/s1. The van der Waals surface area contributed by atoms with E-state index in [1.165, 1.54) is 11.8 Å². The highest BCUT2D eigenvalue weighted by atomic mass is 35.5. The maximum Gasteiger partial charge on any atom is 0.230 e. The van der Waals surface area contributed by atoms with Crippen LogP contribution < -0.4 is 5.32 Å². The van der Waals surface area contributed by atoms with Crippen LogP contribution in [-0.2, 0) is 16.1 Å². The molecule has 0 saturated heterocycles. The number of amides is 1. The number of ether oxygens (including phenoxy) is 1. The quantitative estimate of drug-likeness (QED) is 0.657. The van der Waals surface area contributed by atoms with Crippen molar-refractivity contribution in [2.75, 3.05) is 19.5 Å². The first-order valence-corrected chi connectivity index (χ1v) is 9.89. The van der Waals surface area contributed by atoms with Gasteiger partial charge in [-0.25, -0.2) is 0 Å². The van der Waals surface area contributed by atoms with Crippen LogP contribution in [0.5, 0.6) is 0 Å². The van der Waals surface area contributed by atoms with Gasteiger partial charge < -0.3 is 10.1 Å². The molecule has 0 saturated carbocycles. The van der Waals surface area contributed by atoms with Crippen molar-refractivity contribution >= 4 is 29.3 Å². The van der Waals surface area contributed by atoms with E-state index in [1.807, 2.05) is 35.8 Å². The Morgan fingerprint density at radius 2 is 1.96 bits per heavy atom. The van der Waals surface area contributed by atoms with E-state index in [9.17, 15) is 4.79 Å². The molecule has 142 valence electrons. The summed E-state index contributed by atoms with van der Waals surface area (Å²) in [5, 5.41) is 12.9. The third-order valence-electron chi connectivity index (χ3n) is 4.06. The van der Waals surface area contributed by atoms with Gasteiger partial charge in [0.15, 0.2) is 11.0 Å². The number of carbonyl (C=O) groups excluding carboxylic acids is 1. The molecule has 1 aromatic heterocycles. The van der Waals surface area contributed by atoms with Crippen LogP contribution in [0.25, 0.3) is 11.4 Å². The summed E-state index contributed by atoms with van der Waals surface area (Å²) < 4.78 is 7.17. The van der Waals surface area contributed by atoms with Gasteiger partial charge >= 0.3 is 0 Å². The third-order valence-corrected chi connectivity index (χ3v) is 5.28. The number of hydrogen-bond acceptors (Lipinski definition) is 5. The van der Waals surface area contributed by atoms with Gasteiger partial charge in [-0.2, -0.15) is 0 Å². The summed E-state index contributed by atoms with van der Waals surface area (Å²) in [5.74, 6) is 1.41. The summed E-state index contributed by atoms with van der Waals surface area (Å²) in [6, 6.07) is 7.58. The minimum atomic E-state index is -0.00876. The number of carbonyl (C=O) groups is 1. The largest absolute Gasteiger partial charge is 0.383 e. The van der Waals surface area contributed by atoms with Crippen molar-refractivity contribution in [3.63, 3.8) is 0 Å². The first-order chi connectivity index (χ1) is 12.4. The molecule has 1 atom stereocenters. The van der Waals surface area contributed by atoms with Gasteiger partial charge in [-0.05, 0) is 37.1 Å². The summed E-state index contributed by atoms with van der Waals surface area (Å²) in [7, 11) is 1.65. The van der Waals surface area contributed by atoms with Gasteiger partial charge in [-0.3, -0.25) is 9.36 Å². The summed E-state index contributed by atoms with van der Waals surface area (Å²) in [6.45, 7) is 7.30. The minimum Gasteiger partial charge on any atom is -0.383 e. The molecule has 0 unspecified atom stereocenters. The second kappa shape index (κ2) is 9.94. The van der Waals surface area contributed by atoms with E-state index < -0.39 is 0 Å². The van der Waals surface area contributed by atoms with Crippen LogP contribution >= 0.6 is 23.4 Å². The molecule has 0 bridgehead atoms. The van der Waals surface area contributed by atoms with Crippen molar-refractivity contribution < 1.29 is 9.53 Å². The van der Waals surface area contributed by atoms with Crippen molar-refractivity contribution in [2.24, 2.45) is 5.92 Å². The second-order valence-corrected chi connectivity index (χ2v) is 7.73. The number of hydrogen-bond donors (Lipinski definition) is 1. The van der Waals surface area contributed by atoms with Crippen molar-refractivity contribution in [1.82, 2.24) is 20.1 Å². The lowest BCUT2D eigenvalue weighted by molar-refractivity contribution is -0.119. The maximum atomic E-state index is 12.1. The summed E-state index contributed by atoms with van der Waals surface area (Å²) in [4.78, 5) is 12.1. The van der Waals surface area contributed by atoms with Gasteiger partial charge in [-0.1, -0.05) is 37.2 Å². The molecule has 8 heteroatoms. The Balaban J connectivity index is 2.12. The molecule has 0 spiro atoms. The first kappa shape index (κ1) is 20.7. The van der Waals surface area contributed by atoms with Crippen LogP contribution in [0.1, 0.15) is 20.8 Å². The number of aromatic nitrogens is 3. The number of halogens is 1. The zero-order valence-electron chi connectivity index (χ0n) is 15.5. The average Bonchev–Trinajstić information content (AvgIpc) is 3.01. The average molecular weight is 397 g/mol. The van der Waals surface area contributed by atoms with Crippen LogP contribution in [0.4, 0.5) is 0 Å². The van der Waals surface area contributed by atoms with Gasteiger partial charge in [0.2, 0.25) is 5.91 Å². The normalized spacial score (nSPS) is 12.4. The lowest BCUT2D eigenvalue weighted by Crippen LogP contribution is -2.37. The Bertz CT molecular complexity index is 718. The fourth-order valence-electron chi connectivity index (χ4n) is 2.18. The third kappa shape index (κ3) is 5.72. The molecule has 6 nitrogen and oxygen atoms in total. The highest BCUT2D eigenvalue weighted by molar-refractivity contribution is 7.99. The smallest absolute Gasteiger partial charge is 0.230 e. The molecule has 2 rings (SSSR count). The molecule has 2 aromatic rings. The van der Waals surface area contributed by atoms with Crippen LogP contribution in [0.2, 0.25) is 5.02 Å². The molecule has 0 aliphatic carbocycles. The molecule has 0 fully saturated rings. The van der Waals surface area contributed by atoms with Gasteiger partial charge in [0.05, 0.1) is 18.9 Å². The molecule has 1 heterocycles. The molecule has 1 aromatic carbocycles. The number of thioether (sulfide) groups is 1. The highest BCUT2D eigenvalue weighted by Crippen LogP contribution is 2.25. The SMILES string of the molecule is COCCn1c(SCC(=O)N[C@@H](C)C(C)C)nnc1-c1ccc(Cl)cc1. The van der Waals surface area contributed by atoms with Crippen molar-refractivity contribution in [3.8, 4) is 11.4 Å². The van der Waals surface area contributed by atoms with Gasteiger partial charge in [0.1, 0.15) is 0 Å². The van der Waals surface area contributed by atoms with E-state index in [0.717, 1.165) is 11.4 Å². The lowest BCUT2D eigenvalue weighted by Gasteiger charge is -2.17.